The average molecular weight is 332 g/mol. The minimum atomic E-state index is -0.826. The van der Waals surface area contributed by atoms with E-state index >= 15 is 0 Å². The summed E-state index contributed by atoms with van der Waals surface area (Å²) in [5.41, 5.74) is 5.52. The van der Waals surface area contributed by atoms with Crippen molar-refractivity contribution in [3.63, 3.8) is 0 Å². The molecule has 4 N–H and O–H groups in total. The molecule has 0 saturated heterocycles. The maximum Gasteiger partial charge on any atom is 0.235 e. The normalized spacial score (nSPS) is 13.4. The van der Waals surface area contributed by atoms with Crippen LogP contribution in [0.3, 0.4) is 0 Å². The highest BCUT2D eigenvalue weighted by atomic mass is 79.9. The minimum absolute atomic E-state index is 0.0459. The third kappa shape index (κ3) is 3.92. The van der Waals surface area contributed by atoms with Crippen molar-refractivity contribution in [2.75, 3.05) is 5.32 Å². The summed E-state index contributed by atoms with van der Waals surface area (Å²) < 4.78 is 14.2. The second-order valence-electron chi connectivity index (χ2n) is 4.36. The minimum Gasteiger partial charge on any atom is -0.409 e. The van der Waals surface area contributed by atoms with Crippen molar-refractivity contribution in [1.82, 2.24) is 0 Å². The lowest BCUT2D eigenvalue weighted by molar-refractivity contribution is -0.119. The Kier molecular flexibility index (Phi) is 5.29. The molecule has 0 saturated carbocycles. The molecule has 1 amide bonds. The molecule has 1 aromatic carbocycles. The molecule has 7 heteroatoms. The van der Waals surface area contributed by atoms with Crippen LogP contribution < -0.4 is 11.1 Å². The van der Waals surface area contributed by atoms with Gasteiger partial charge in [0.2, 0.25) is 5.91 Å². The highest BCUT2D eigenvalue weighted by Crippen LogP contribution is 2.21. The zero-order valence-corrected chi connectivity index (χ0v) is 12.1. The lowest BCUT2D eigenvalue weighted by Gasteiger charge is -2.19. The number of carbonyl (C=O) groups excluding carboxylic acids is 1. The largest absolute Gasteiger partial charge is 0.409 e. The van der Waals surface area contributed by atoms with Crippen LogP contribution in [0.4, 0.5) is 10.1 Å². The summed E-state index contributed by atoms with van der Waals surface area (Å²) in [5.74, 6) is -2.30. The van der Waals surface area contributed by atoms with E-state index in [-0.39, 0.29) is 17.4 Å². The molecule has 1 atom stereocenters. The quantitative estimate of drug-likeness (QED) is 0.343. The Hall–Kier alpha value is -1.63. The number of carbonyl (C=O) groups is 1. The number of amides is 1. The van der Waals surface area contributed by atoms with Gasteiger partial charge in [-0.25, -0.2) is 4.39 Å². The van der Waals surface area contributed by atoms with Crippen molar-refractivity contribution in [3.05, 3.63) is 28.5 Å². The number of rotatable bonds is 4. The molecular weight excluding hydrogens is 317 g/mol. The number of hydrogen-bond donors (Lipinski definition) is 3. The first-order valence-electron chi connectivity index (χ1n) is 5.60. The Morgan fingerprint density at radius 2 is 2.16 bits per heavy atom. The highest BCUT2D eigenvalue weighted by Gasteiger charge is 2.27. The summed E-state index contributed by atoms with van der Waals surface area (Å²) >= 11 is 3.12. The number of hydrogen-bond acceptors (Lipinski definition) is 3. The number of halogens is 2. The third-order valence-electron chi connectivity index (χ3n) is 2.57. The van der Waals surface area contributed by atoms with E-state index in [1.165, 1.54) is 12.1 Å². The van der Waals surface area contributed by atoms with Gasteiger partial charge in [-0.1, -0.05) is 34.9 Å². The van der Waals surface area contributed by atoms with E-state index in [2.05, 4.69) is 26.4 Å². The summed E-state index contributed by atoms with van der Waals surface area (Å²) in [6.45, 7) is 3.50. The Balaban J connectivity index is 2.94. The Morgan fingerprint density at radius 1 is 1.53 bits per heavy atom. The van der Waals surface area contributed by atoms with Crippen LogP contribution in [-0.2, 0) is 4.79 Å². The second kappa shape index (κ2) is 6.51. The first kappa shape index (κ1) is 15.4. The Labute approximate surface area is 118 Å². The molecule has 0 fully saturated rings. The van der Waals surface area contributed by atoms with Gasteiger partial charge in [0, 0.05) is 4.47 Å². The van der Waals surface area contributed by atoms with Crippen molar-refractivity contribution < 1.29 is 14.4 Å². The smallest absolute Gasteiger partial charge is 0.235 e. The van der Waals surface area contributed by atoms with E-state index in [9.17, 15) is 9.18 Å². The fraction of sp³-hybridized carbons (Fsp3) is 0.333. The summed E-state index contributed by atoms with van der Waals surface area (Å²) in [7, 11) is 0. The summed E-state index contributed by atoms with van der Waals surface area (Å²) in [6, 6.07) is 4.27. The van der Waals surface area contributed by atoms with Gasteiger partial charge in [-0.2, -0.15) is 0 Å². The van der Waals surface area contributed by atoms with Gasteiger partial charge in [0.25, 0.3) is 0 Å². The van der Waals surface area contributed by atoms with Gasteiger partial charge in [0.15, 0.2) is 5.84 Å². The Bertz CT molecular complexity index is 506. The zero-order chi connectivity index (χ0) is 14.6. The summed E-state index contributed by atoms with van der Waals surface area (Å²) in [6.07, 6.45) is 0. The van der Waals surface area contributed by atoms with E-state index < -0.39 is 17.6 Å². The predicted molar refractivity (Wildman–Crippen MR) is 74.5 cm³/mol. The van der Waals surface area contributed by atoms with E-state index in [1.54, 1.807) is 19.9 Å². The molecule has 0 heterocycles. The maximum absolute atomic E-state index is 13.6. The predicted octanol–water partition coefficient (Wildman–Crippen LogP) is 2.55. The molecule has 0 aromatic heterocycles. The SMILES string of the molecule is CC(C)C(C(=O)Nc1ccc(Br)cc1F)C(N)=NO. The van der Waals surface area contributed by atoms with Gasteiger partial charge in [-0.3, -0.25) is 4.79 Å². The number of nitrogens with zero attached hydrogens (tertiary/aromatic N) is 1. The Morgan fingerprint density at radius 3 is 2.63 bits per heavy atom. The average Bonchev–Trinajstić information content (AvgIpc) is 2.32. The van der Waals surface area contributed by atoms with Gasteiger partial charge >= 0.3 is 0 Å². The molecule has 19 heavy (non-hydrogen) atoms. The van der Waals surface area contributed by atoms with Crippen molar-refractivity contribution in [2.24, 2.45) is 22.7 Å². The molecule has 104 valence electrons. The van der Waals surface area contributed by atoms with Gasteiger partial charge in [0.1, 0.15) is 11.7 Å². The number of benzene rings is 1. The highest BCUT2D eigenvalue weighted by molar-refractivity contribution is 9.10. The first-order chi connectivity index (χ1) is 8.86. The lowest BCUT2D eigenvalue weighted by atomic mass is 9.94. The van der Waals surface area contributed by atoms with Crippen molar-refractivity contribution in [2.45, 2.75) is 13.8 Å². The monoisotopic (exact) mass is 331 g/mol. The molecule has 1 rings (SSSR count). The van der Waals surface area contributed by atoms with Gasteiger partial charge in [0.05, 0.1) is 5.69 Å². The van der Waals surface area contributed by atoms with Crippen molar-refractivity contribution >= 4 is 33.4 Å². The standard InChI is InChI=1S/C12H15BrFN3O2/c1-6(2)10(11(15)17-19)12(18)16-9-4-3-7(13)5-8(9)14/h3-6,10,19H,1-2H3,(H2,15,17)(H,16,18). The van der Waals surface area contributed by atoms with Crippen LogP contribution in [0.1, 0.15) is 13.8 Å². The fourth-order valence-electron chi connectivity index (χ4n) is 1.64. The van der Waals surface area contributed by atoms with E-state index in [0.717, 1.165) is 0 Å². The number of anilines is 1. The molecule has 0 bridgehead atoms. The molecule has 0 aliphatic heterocycles. The van der Waals surface area contributed by atoms with Crippen LogP contribution in [-0.4, -0.2) is 17.0 Å². The van der Waals surface area contributed by atoms with Gasteiger partial charge < -0.3 is 16.3 Å². The summed E-state index contributed by atoms with van der Waals surface area (Å²) in [5, 5.41) is 13.9. The molecule has 5 nitrogen and oxygen atoms in total. The molecule has 0 aliphatic carbocycles. The van der Waals surface area contributed by atoms with Crippen LogP contribution in [0.5, 0.6) is 0 Å². The fourth-order valence-corrected chi connectivity index (χ4v) is 1.98. The van der Waals surface area contributed by atoms with Crippen LogP contribution in [0.2, 0.25) is 0 Å². The van der Waals surface area contributed by atoms with Gasteiger partial charge in [-0.15, -0.1) is 0 Å². The molecule has 0 aliphatic rings. The molecule has 0 radical (unpaired) electrons. The first-order valence-corrected chi connectivity index (χ1v) is 6.39. The summed E-state index contributed by atoms with van der Waals surface area (Å²) in [4.78, 5) is 12.0. The van der Waals surface area contributed by atoms with E-state index in [1.807, 2.05) is 0 Å². The maximum atomic E-state index is 13.6. The lowest BCUT2D eigenvalue weighted by Crippen LogP contribution is -2.38. The van der Waals surface area contributed by atoms with Crippen LogP contribution in [0.15, 0.2) is 27.8 Å². The molecule has 1 unspecified atom stereocenters. The van der Waals surface area contributed by atoms with Crippen LogP contribution in [0, 0.1) is 17.7 Å². The molecule has 1 aromatic rings. The number of nitrogens with one attached hydrogen (secondary N) is 1. The van der Waals surface area contributed by atoms with Gasteiger partial charge in [-0.05, 0) is 24.1 Å². The number of amidine groups is 1. The van der Waals surface area contributed by atoms with E-state index in [4.69, 9.17) is 10.9 Å². The second-order valence-corrected chi connectivity index (χ2v) is 5.28. The van der Waals surface area contributed by atoms with Crippen LogP contribution >= 0.6 is 15.9 Å². The number of oxime groups is 1. The van der Waals surface area contributed by atoms with Crippen LogP contribution in [0.25, 0.3) is 0 Å². The van der Waals surface area contributed by atoms with Crippen molar-refractivity contribution in [1.29, 1.82) is 0 Å². The molecule has 0 spiro atoms. The number of nitrogens with two attached hydrogens (primary N) is 1. The zero-order valence-electron chi connectivity index (χ0n) is 10.5. The van der Waals surface area contributed by atoms with E-state index in [0.29, 0.717) is 4.47 Å². The van der Waals surface area contributed by atoms with Crippen molar-refractivity contribution in [3.8, 4) is 0 Å². The molecular formula is C12H15BrFN3O2. The topological polar surface area (TPSA) is 87.7 Å². The third-order valence-corrected chi connectivity index (χ3v) is 3.07.